The summed E-state index contributed by atoms with van der Waals surface area (Å²) in [6.07, 6.45) is 1.54. The van der Waals surface area contributed by atoms with Crippen LogP contribution < -0.4 is 10.1 Å². The molecule has 0 saturated heterocycles. The first-order valence-electron chi connectivity index (χ1n) is 9.02. The van der Waals surface area contributed by atoms with E-state index in [1.807, 2.05) is 56.3 Å². The Hall–Kier alpha value is -3.08. The molecule has 1 aliphatic carbocycles. The summed E-state index contributed by atoms with van der Waals surface area (Å²) in [6, 6.07) is 15.5. The van der Waals surface area contributed by atoms with E-state index in [9.17, 15) is 4.79 Å². The number of aromatic nitrogens is 1. The van der Waals surface area contributed by atoms with E-state index in [0.29, 0.717) is 11.5 Å². The summed E-state index contributed by atoms with van der Waals surface area (Å²) in [5, 5.41) is 7.27. The highest BCUT2D eigenvalue weighted by Gasteiger charge is 2.54. The fourth-order valence-corrected chi connectivity index (χ4v) is 3.33. The van der Waals surface area contributed by atoms with Crippen molar-refractivity contribution >= 4 is 11.6 Å². The SMILES string of the molecule is COc1cccc(-c2cc(C3(C(=O)Nc4ccc(C)cc4C)CC3)no2)c1. The summed E-state index contributed by atoms with van der Waals surface area (Å²) >= 11 is 0. The molecule has 0 bridgehead atoms. The van der Waals surface area contributed by atoms with Gasteiger partial charge in [-0.25, -0.2) is 0 Å². The summed E-state index contributed by atoms with van der Waals surface area (Å²) in [7, 11) is 1.63. The molecule has 0 spiro atoms. The Morgan fingerprint density at radius 3 is 2.67 bits per heavy atom. The van der Waals surface area contributed by atoms with Crippen molar-refractivity contribution in [1.29, 1.82) is 0 Å². The molecule has 5 nitrogen and oxygen atoms in total. The Labute approximate surface area is 158 Å². The van der Waals surface area contributed by atoms with Crippen LogP contribution in [0.5, 0.6) is 5.75 Å². The van der Waals surface area contributed by atoms with E-state index >= 15 is 0 Å². The molecule has 1 heterocycles. The van der Waals surface area contributed by atoms with E-state index in [1.54, 1.807) is 7.11 Å². The maximum atomic E-state index is 13.0. The lowest BCUT2D eigenvalue weighted by Crippen LogP contribution is -2.28. The fraction of sp³-hybridized carbons (Fsp3) is 0.273. The summed E-state index contributed by atoms with van der Waals surface area (Å²) in [6.45, 7) is 4.04. The van der Waals surface area contributed by atoms with Crippen LogP contribution in [0.1, 0.15) is 29.7 Å². The lowest BCUT2D eigenvalue weighted by Gasteiger charge is -2.14. The van der Waals surface area contributed by atoms with Crippen LogP contribution >= 0.6 is 0 Å². The molecule has 1 amide bonds. The molecule has 1 fully saturated rings. The third kappa shape index (κ3) is 3.21. The van der Waals surface area contributed by atoms with E-state index in [4.69, 9.17) is 9.26 Å². The highest BCUT2D eigenvalue weighted by atomic mass is 16.5. The second-order valence-electron chi connectivity index (χ2n) is 7.16. The number of carbonyl (C=O) groups excluding carboxylic acids is 1. The van der Waals surface area contributed by atoms with Gasteiger partial charge in [-0.2, -0.15) is 0 Å². The minimum absolute atomic E-state index is 0.0278. The second kappa shape index (κ2) is 6.58. The van der Waals surface area contributed by atoms with Crippen molar-refractivity contribution in [1.82, 2.24) is 5.16 Å². The van der Waals surface area contributed by atoms with Crippen molar-refractivity contribution in [3.63, 3.8) is 0 Å². The standard InChI is InChI=1S/C22H22N2O3/c1-14-7-8-18(15(2)11-14)23-21(25)22(9-10-22)20-13-19(27-24-20)16-5-4-6-17(12-16)26-3/h4-8,11-13H,9-10H2,1-3H3,(H,23,25). The maximum Gasteiger partial charge on any atom is 0.236 e. The van der Waals surface area contributed by atoms with Crippen molar-refractivity contribution in [2.45, 2.75) is 32.1 Å². The smallest absolute Gasteiger partial charge is 0.236 e. The molecule has 1 saturated carbocycles. The van der Waals surface area contributed by atoms with Crippen molar-refractivity contribution in [3.8, 4) is 17.1 Å². The minimum atomic E-state index is -0.599. The van der Waals surface area contributed by atoms with E-state index < -0.39 is 5.41 Å². The highest BCUT2D eigenvalue weighted by molar-refractivity contribution is 6.01. The number of hydrogen-bond acceptors (Lipinski definition) is 4. The lowest BCUT2D eigenvalue weighted by atomic mass is 9.99. The highest BCUT2D eigenvalue weighted by Crippen LogP contribution is 2.49. The average molecular weight is 362 g/mol. The van der Waals surface area contributed by atoms with Gasteiger partial charge in [0.25, 0.3) is 0 Å². The molecule has 1 aromatic heterocycles. The van der Waals surface area contributed by atoms with Crippen molar-refractivity contribution in [3.05, 3.63) is 65.4 Å². The van der Waals surface area contributed by atoms with Gasteiger partial charge < -0.3 is 14.6 Å². The molecule has 5 heteroatoms. The zero-order chi connectivity index (χ0) is 19.0. The molecular formula is C22H22N2O3. The predicted octanol–water partition coefficient (Wildman–Crippen LogP) is 4.64. The monoisotopic (exact) mass is 362 g/mol. The molecule has 1 aliphatic rings. The van der Waals surface area contributed by atoms with Crippen LogP contribution in [-0.2, 0) is 10.2 Å². The summed E-state index contributed by atoms with van der Waals surface area (Å²) in [5.74, 6) is 1.36. The van der Waals surface area contributed by atoms with Crippen LogP contribution in [0, 0.1) is 13.8 Å². The summed E-state index contributed by atoms with van der Waals surface area (Å²) in [4.78, 5) is 13.0. The number of anilines is 1. The van der Waals surface area contributed by atoms with Crippen LogP contribution in [0.4, 0.5) is 5.69 Å². The van der Waals surface area contributed by atoms with Crippen molar-refractivity contribution < 1.29 is 14.1 Å². The number of rotatable bonds is 5. The molecular weight excluding hydrogens is 340 g/mol. The van der Waals surface area contributed by atoms with Gasteiger partial charge in [0.15, 0.2) is 5.76 Å². The molecule has 4 rings (SSSR count). The van der Waals surface area contributed by atoms with Crippen LogP contribution in [0.2, 0.25) is 0 Å². The van der Waals surface area contributed by atoms with Gasteiger partial charge in [-0.05, 0) is 50.5 Å². The van der Waals surface area contributed by atoms with E-state index in [-0.39, 0.29) is 5.91 Å². The molecule has 0 atom stereocenters. The van der Waals surface area contributed by atoms with Gasteiger partial charge in [0.2, 0.25) is 5.91 Å². The first kappa shape index (κ1) is 17.3. The van der Waals surface area contributed by atoms with Crippen LogP contribution in [0.3, 0.4) is 0 Å². The molecule has 2 aromatic carbocycles. The number of nitrogens with zero attached hydrogens (tertiary/aromatic N) is 1. The number of benzene rings is 2. The van der Waals surface area contributed by atoms with Gasteiger partial charge in [0, 0.05) is 17.3 Å². The number of methoxy groups -OCH3 is 1. The number of carbonyl (C=O) groups is 1. The zero-order valence-corrected chi connectivity index (χ0v) is 15.7. The van der Waals surface area contributed by atoms with Gasteiger partial charge >= 0.3 is 0 Å². The quantitative estimate of drug-likeness (QED) is 0.718. The normalized spacial score (nSPS) is 14.6. The van der Waals surface area contributed by atoms with Crippen LogP contribution in [0.15, 0.2) is 53.1 Å². The lowest BCUT2D eigenvalue weighted by molar-refractivity contribution is -0.118. The van der Waals surface area contributed by atoms with Gasteiger partial charge in [-0.1, -0.05) is 35.0 Å². The average Bonchev–Trinajstić information content (AvgIpc) is 3.34. The number of ether oxygens (including phenoxy) is 1. The second-order valence-corrected chi connectivity index (χ2v) is 7.16. The minimum Gasteiger partial charge on any atom is -0.497 e. The zero-order valence-electron chi connectivity index (χ0n) is 15.7. The van der Waals surface area contributed by atoms with Gasteiger partial charge in [-0.15, -0.1) is 0 Å². The van der Waals surface area contributed by atoms with Crippen molar-refractivity contribution in [2.24, 2.45) is 0 Å². The first-order valence-corrected chi connectivity index (χ1v) is 9.02. The Kier molecular flexibility index (Phi) is 4.22. The number of nitrogens with one attached hydrogen (secondary N) is 1. The molecule has 1 N–H and O–H groups in total. The van der Waals surface area contributed by atoms with E-state index in [0.717, 1.165) is 35.4 Å². The fourth-order valence-electron chi connectivity index (χ4n) is 3.33. The largest absolute Gasteiger partial charge is 0.497 e. The first-order chi connectivity index (χ1) is 13.0. The Bertz CT molecular complexity index is 1000. The summed E-state index contributed by atoms with van der Waals surface area (Å²) in [5.41, 5.74) is 4.02. The topological polar surface area (TPSA) is 64.4 Å². The molecule has 0 aliphatic heterocycles. The van der Waals surface area contributed by atoms with E-state index in [2.05, 4.69) is 16.5 Å². The Morgan fingerprint density at radius 1 is 1.15 bits per heavy atom. The van der Waals surface area contributed by atoms with Crippen LogP contribution in [0.25, 0.3) is 11.3 Å². The van der Waals surface area contributed by atoms with Gasteiger partial charge in [0.05, 0.1) is 18.2 Å². The Balaban J connectivity index is 1.57. The molecule has 3 aromatic rings. The molecule has 0 unspecified atom stereocenters. The number of hydrogen-bond donors (Lipinski definition) is 1. The van der Waals surface area contributed by atoms with Crippen molar-refractivity contribution in [2.75, 3.05) is 12.4 Å². The van der Waals surface area contributed by atoms with Gasteiger partial charge in [0.1, 0.15) is 5.75 Å². The molecule has 138 valence electrons. The Morgan fingerprint density at radius 2 is 1.96 bits per heavy atom. The maximum absolute atomic E-state index is 13.0. The molecule has 0 radical (unpaired) electrons. The third-order valence-electron chi connectivity index (χ3n) is 5.17. The van der Waals surface area contributed by atoms with E-state index in [1.165, 1.54) is 5.56 Å². The summed E-state index contributed by atoms with van der Waals surface area (Å²) < 4.78 is 10.8. The predicted molar refractivity (Wildman–Crippen MR) is 104 cm³/mol. The number of aryl methyl sites for hydroxylation is 2. The number of amides is 1. The third-order valence-corrected chi connectivity index (χ3v) is 5.17. The molecule has 27 heavy (non-hydrogen) atoms. The van der Waals surface area contributed by atoms with Gasteiger partial charge in [-0.3, -0.25) is 4.79 Å². The van der Waals surface area contributed by atoms with Crippen LogP contribution in [-0.4, -0.2) is 18.2 Å².